The van der Waals surface area contributed by atoms with Gasteiger partial charge in [0.25, 0.3) is 5.91 Å². The van der Waals surface area contributed by atoms with Crippen LogP contribution in [0.5, 0.6) is 5.75 Å². The molecule has 2 N–H and O–H groups in total. The van der Waals surface area contributed by atoms with Crippen molar-refractivity contribution >= 4 is 23.5 Å². The molecule has 0 aliphatic rings. The zero-order chi connectivity index (χ0) is 20.7. The number of amides is 1. The molecule has 28 heavy (non-hydrogen) atoms. The van der Waals surface area contributed by atoms with Crippen LogP contribution in [0.3, 0.4) is 0 Å². The predicted octanol–water partition coefficient (Wildman–Crippen LogP) is 4.92. The van der Waals surface area contributed by atoms with Gasteiger partial charge in [0.1, 0.15) is 5.75 Å². The molecular weight excluding hydrogens is 378 g/mol. The van der Waals surface area contributed by atoms with Crippen LogP contribution in [-0.2, 0) is 5.41 Å². The molecule has 0 unspecified atom stereocenters. The van der Waals surface area contributed by atoms with Crippen LogP contribution in [0.1, 0.15) is 59.9 Å². The van der Waals surface area contributed by atoms with E-state index in [1.54, 1.807) is 0 Å². The van der Waals surface area contributed by atoms with E-state index in [9.17, 15) is 9.59 Å². The van der Waals surface area contributed by atoms with Crippen molar-refractivity contribution in [3.63, 3.8) is 0 Å². The normalized spacial score (nSPS) is 11.1. The molecule has 0 radical (unpaired) electrons. The van der Waals surface area contributed by atoms with Gasteiger partial charge in [-0.15, -0.1) is 0 Å². The van der Waals surface area contributed by atoms with E-state index in [2.05, 4.69) is 26.1 Å². The molecule has 150 valence electrons. The van der Waals surface area contributed by atoms with Gasteiger partial charge < -0.3 is 15.2 Å². The number of aromatic carboxylic acids is 1. The number of ether oxygens (including phenoxy) is 1. The second-order valence-corrected chi connectivity index (χ2v) is 8.02. The Morgan fingerprint density at radius 2 is 1.68 bits per heavy atom. The molecule has 5 nitrogen and oxygen atoms in total. The van der Waals surface area contributed by atoms with Crippen LogP contribution in [0.25, 0.3) is 0 Å². The van der Waals surface area contributed by atoms with Crippen LogP contribution in [0.2, 0.25) is 5.02 Å². The summed E-state index contributed by atoms with van der Waals surface area (Å²) >= 11 is 6.10. The average Bonchev–Trinajstić information content (AvgIpc) is 2.64. The number of carboxylic acid groups (broad SMARTS) is 1. The minimum atomic E-state index is -1.01. The molecule has 0 bridgehead atoms. The van der Waals surface area contributed by atoms with Gasteiger partial charge in [-0.3, -0.25) is 4.79 Å². The Morgan fingerprint density at radius 3 is 2.29 bits per heavy atom. The Morgan fingerprint density at radius 1 is 1.04 bits per heavy atom. The van der Waals surface area contributed by atoms with Crippen LogP contribution >= 0.6 is 11.6 Å². The number of carbonyl (C=O) groups is 2. The molecule has 0 aliphatic heterocycles. The van der Waals surface area contributed by atoms with E-state index in [1.807, 2.05) is 18.2 Å². The van der Waals surface area contributed by atoms with Gasteiger partial charge in [-0.2, -0.15) is 0 Å². The van der Waals surface area contributed by atoms with Crippen molar-refractivity contribution in [3.8, 4) is 5.75 Å². The summed E-state index contributed by atoms with van der Waals surface area (Å²) in [6.07, 6.45) is 1.57. The smallest absolute Gasteiger partial charge is 0.335 e. The van der Waals surface area contributed by atoms with Crippen molar-refractivity contribution < 1.29 is 19.4 Å². The van der Waals surface area contributed by atoms with Crippen molar-refractivity contribution in [2.75, 3.05) is 13.2 Å². The summed E-state index contributed by atoms with van der Waals surface area (Å²) in [5.41, 5.74) is 1.60. The monoisotopic (exact) mass is 403 g/mol. The summed E-state index contributed by atoms with van der Waals surface area (Å²) in [5.74, 6) is -0.396. The number of carbonyl (C=O) groups excluding carboxylic acids is 1. The first-order chi connectivity index (χ1) is 13.2. The van der Waals surface area contributed by atoms with Crippen molar-refractivity contribution in [1.82, 2.24) is 5.32 Å². The Hall–Kier alpha value is -2.53. The van der Waals surface area contributed by atoms with Gasteiger partial charge in [-0.05, 0) is 60.7 Å². The molecule has 0 aromatic heterocycles. The minimum Gasteiger partial charge on any atom is -0.493 e. The molecule has 0 saturated carbocycles. The highest BCUT2D eigenvalue weighted by molar-refractivity contribution is 6.30. The summed E-state index contributed by atoms with van der Waals surface area (Å²) < 4.78 is 5.92. The fourth-order valence-corrected chi connectivity index (χ4v) is 2.86. The molecule has 0 fully saturated rings. The number of hydrogen-bond donors (Lipinski definition) is 2. The van der Waals surface area contributed by atoms with Crippen LogP contribution in [0, 0.1) is 0 Å². The highest BCUT2D eigenvalue weighted by atomic mass is 35.5. The maximum Gasteiger partial charge on any atom is 0.335 e. The van der Waals surface area contributed by atoms with Crippen molar-refractivity contribution in [2.24, 2.45) is 0 Å². The van der Waals surface area contributed by atoms with E-state index in [0.717, 1.165) is 24.2 Å². The molecule has 0 atom stereocenters. The first-order valence-electron chi connectivity index (χ1n) is 9.23. The van der Waals surface area contributed by atoms with E-state index in [0.29, 0.717) is 23.7 Å². The zero-order valence-electron chi connectivity index (χ0n) is 16.4. The second kappa shape index (κ2) is 9.60. The first-order valence-corrected chi connectivity index (χ1v) is 9.60. The summed E-state index contributed by atoms with van der Waals surface area (Å²) in [6, 6.07) is 11.5. The molecule has 2 aromatic rings. The summed E-state index contributed by atoms with van der Waals surface area (Å²) in [4.78, 5) is 22.9. The number of carboxylic acids is 1. The number of unbranched alkanes of at least 4 members (excludes halogenated alkanes) is 1. The third-order valence-corrected chi connectivity index (χ3v) is 4.49. The third kappa shape index (κ3) is 6.27. The van der Waals surface area contributed by atoms with Gasteiger partial charge in [0.05, 0.1) is 12.2 Å². The lowest BCUT2D eigenvalue weighted by Crippen LogP contribution is -2.24. The van der Waals surface area contributed by atoms with Crippen LogP contribution < -0.4 is 10.1 Å². The second-order valence-electron chi connectivity index (χ2n) is 7.58. The van der Waals surface area contributed by atoms with Crippen molar-refractivity contribution in [2.45, 2.75) is 39.0 Å². The number of nitrogens with one attached hydrogen (secondary N) is 1. The standard InChI is InChI=1S/C22H26ClNO4/c1-22(2,3)18-14-17(23)10-11-19(18)28-13-5-4-12-24-20(25)15-6-8-16(9-7-15)21(26)27/h6-11,14H,4-5,12-13H2,1-3H3,(H,24,25)(H,26,27). The van der Waals surface area contributed by atoms with Gasteiger partial charge in [-0.1, -0.05) is 32.4 Å². The van der Waals surface area contributed by atoms with Gasteiger partial charge in [0, 0.05) is 22.7 Å². The van der Waals surface area contributed by atoms with Gasteiger partial charge >= 0.3 is 5.97 Å². The lowest BCUT2D eigenvalue weighted by Gasteiger charge is -2.23. The number of rotatable bonds is 8. The Labute approximate surface area is 170 Å². The van der Waals surface area contributed by atoms with E-state index >= 15 is 0 Å². The molecule has 0 aliphatic carbocycles. The van der Waals surface area contributed by atoms with E-state index in [-0.39, 0.29) is 16.9 Å². The molecule has 0 heterocycles. The third-order valence-electron chi connectivity index (χ3n) is 4.26. The van der Waals surface area contributed by atoms with Crippen molar-refractivity contribution in [1.29, 1.82) is 0 Å². The Kier molecular flexibility index (Phi) is 7.46. The van der Waals surface area contributed by atoms with Gasteiger partial charge in [0.15, 0.2) is 0 Å². The lowest BCUT2D eigenvalue weighted by molar-refractivity contribution is 0.0696. The average molecular weight is 404 g/mol. The number of benzene rings is 2. The van der Waals surface area contributed by atoms with Gasteiger partial charge in [-0.25, -0.2) is 4.79 Å². The topological polar surface area (TPSA) is 75.6 Å². The van der Waals surface area contributed by atoms with Crippen molar-refractivity contribution in [3.05, 3.63) is 64.2 Å². The highest BCUT2D eigenvalue weighted by Gasteiger charge is 2.19. The largest absolute Gasteiger partial charge is 0.493 e. The van der Waals surface area contributed by atoms with Crippen LogP contribution in [0.15, 0.2) is 42.5 Å². The Balaban J connectivity index is 1.75. The SMILES string of the molecule is CC(C)(C)c1cc(Cl)ccc1OCCCCNC(=O)c1ccc(C(=O)O)cc1. The molecule has 6 heteroatoms. The molecule has 0 saturated heterocycles. The van der Waals surface area contributed by atoms with Crippen LogP contribution in [-0.4, -0.2) is 30.1 Å². The fourth-order valence-electron chi connectivity index (χ4n) is 2.69. The lowest BCUT2D eigenvalue weighted by atomic mass is 9.86. The predicted molar refractivity (Wildman–Crippen MR) is 111 cm³/mol. The number of hydrogen-bond acceptors (Lipinski definition) is 3. The Bertz CT molecular complexity index is 825. The molecular formula is C22H26ClNO4. The maximum atomic E-state index is 12.1. The summed E-state index contributed by atoms with van der Waals surface area (Å²) in [5, 5.41) is 12.4. The fraction of sp³-hybridized carbons (Fsp3) is 0.364. The zero-order valence-corrected chi connectivity index (χ0v) is 17.2. The van der Waals surface area contributed by atoms with Crippen LogP contribution in [0.4, 0.5) is 0 Å². The quantitative estimate of drug-likeness (QED) is 0.613. The highest BCUT2D eigenvalue weighted by Crippen LogP contribution is 2.33. The first kappa shape index (κ1) is 21.8. The maximum absolute atomic E-state index is 12.1. The van der Waals surface area contributed by atoms with Gasteiger partial charge in [0.2, 0.25) is 0 Å². The summed E-state index contributed by atoms with van der Waals surface area (Å²) in [7, 11) is 0. The minimum absolute atomic E-state index is 0.0651. The van der Waals surface area contributed by atoms with E-state index in [4.69, 9.17) is 21.4 Å². The number of halogens is 1. The summed E-state index contributed by atoms with van der Waals surface area (Å²) in [6.45, 7) is 7.42. The molecule has 0 spiro atoms. The van der Waals surface area contributed by atoms with E-state index in [1.165, 1.54) is 24.3 Å². The van der Waals surface area contributed by atoms with E-state index < -0.39 is 5.97 Å². The molecule has 2 aromatic carbocycles. The molecule has 1 amide bonds. The molecule has 2 rings (SSSR count).